The molecule has 0 amide bonds. The highest BCUT2D eigenvalue weighted by molar-refractivity contribution is 5.57. The maximum absolute atomic E-state index is 11.0. The monoisotopic (exact) mass is 277 g/mol. The van der Waals surface area contributed by atoms with Crippen LogP contribution in [0, 0.1) is 27.9 Å². The van der Waals surface area contributed by atoms with E-state index in [1.54, 1.807) is 0 Å². The molecule has 0 aliphatic heterocycles. The number of hydrogen-bond donors (Lipinski definition) is 1. The highest BCUT2D eigenvalue weighted by atomic mass is 16.6. The summed E-state index contributed by atoms with van der Waals surface area (Å²) in [7, 11) is 1.51. The molecule has 2 saturated carbocycles. The first-order valence-electron chi connectivity index (χ1n) is 7.12. The Kier molecular flexibility index (Phi) is 3.46. The van der Waals surface area contributed by atoms with E-state index in [-0.39, 0.29) is 5.69 Å². The van der Waals surface area contributed by atoms with E-state index >= 15 is 0 Å². The Balaban J connectivity index is 1.72. The number of nitrogens with zero attached hydrogens (tertiary/aromatic N) is 2. The van der Waals surface area contributed by atoms with Gasteiger partial charge >= 0.3 is 5.69 Å². The summed E-state index contributed by atoms with van der Waals surface area (Å²) in [5.41, 5.74) is 0.0103. The standard InChI is InChI=1S/C14H19N3O3/c1-20-13-7-6-12(17(18)19)14(16-13)15-8-11(9-2-3-9)10-4-5-10/h6-7,9-11H,2-5,8H2,1H3,(H,15,16). The predicted octanol–water partition coefficient (Wildman–Crippen LogP) is 2.85. The van der Waals surface area contributed by atoms with Gasteiger partial charge in [-0.15, -0.1) is 0 Å². The number of aromatic nitrogens is 1. The quantitative estimate of drug-likeness (QED) is 0.612. The third-order valence-corrected chi connectivity index (χ3v) is 4.21. The van der Waals surface area contributed by atoms with Crippen molar-refractivity contribution in [2.24, 2.45) is 17.8 Å². The zero-order valence-electron chi connectivity index (χ0n) is 11.5. The number of pyridine rings is 1. The van der Waals surface area contributed by atoms with Crippen molar-refractivity contribution in [1.82, 2.24) is 4.98 Å². The smallest absolute Gasteiger partial charge is 0.311 e. The van der Waals surface area contributed by atoms with Crippen molar-refractivity contribution >= 4 is 11.5 Å². The van der Waals surface area contributed by atoms with Crippen LogP contribution in [0.1, 0.15) is 25.7 Å². The van der Waals surface area contributed by atoms with Gasteiger partial charge in [-0.25, -0.2) is 0 Å². The number of methoxy groups -OCH3 is 1. The van der Waals surface area contributed by atoms with Crippen molar-refractivity contribution in [1.29, 1.82) is 0 Å². The minimum atomic E-state index is -0.405. The van der Waals surface area contributed by atoms with Crippen molar-refractivity contribution < 1.29 is 9.66 Å². The largest absolute Gasteiger partial charge is 0.481 e. The van der Waals surface area contributed by atoms with Crippen LogP contribution in [0.25, 0.3) is 0 Å². The maximum atomic E-state index is 11.0. The molecule has 6 heteroatoms. The van der Waals surface area contributed by atoms with Gasteiger partial charge < -0.3 is 10.1 Å². The zero-order chi connectivity index (χ0) is 14.1. The second kappa shape index (κ2) is 5.26. The van der Waals surface area contributed by atoms with Crippen molar-refractivity contribution in [2.45, 2.75) is 25.7 Å². The minimum Gasteiger partial charge on any atom is -0.481 e. The lowest BCUT2D eigenvalue weighted by molar-refractivity contribution is -0.384. The molecule has 0 atom stereocenters. The van der Waals surface area contributed by atoms with Gasteiger partial charge in [0.25, 0.3) is 0 Å². The summed E-state index contributed by atoms with van der Waals surface area (Å²) in [5, 5.41) is 14.2. The van der Waals surface area contributed by atoms with E-state index in [0.29, 0.717) is 17.6 Å². The Hall–Kier alpha value is -1.85. The van der Waals surface area contributed by atoms with Crippen LogP contribution in [-0.4, -0.2) is 23.6 Å². The van der Waals surface area contributed by atoms with Gasteiger partial charge in [0.05, 0.1) is 12.0 Å². The Morgan fingerprint density at radius 2 is 2.05 bits per heavy atom. The topological polar surface area (TPSA) is 77.3 Å². The lowest BCUT2D eigenvalue weighted by atomic mass is 9.98. The van der Waals surface area contributed by atoms with Crippen molar-refractivity contribution in [3.05, 3.63) is 22.2 Å². The summed E-state index contributed by atoms with van der Waals surface area (Å²) in [4.78, 5) is 14.8. The molecule has 3 rings (SSSR count). The van der Waals surface area contributed by atoms with E-state index in [1.807, 2.05) is 0 Å². The Morgan fingerprint density at radius 3 is 2.55 bits per heavy atom. The van der Waals surface area contributed by atoms with Gasteiger partial charge in [0.1, 0.15) is 0 Å². The average Bonchev–Trinajstić information content (AvgIpc) is 3.31. The lowest BCUT2D eigenvalue weighted by Gasteiger charge is -2.16. The Labute approximate surface area is 117 Å². The SMILES string of the molecule is COc1ccc([N+](=O)[O-])c(NCC(C2CC2)C2CC2)n1. The van der Waals surface area contributed by atoms with Gasteiger partial charge in [-0.05, 0) is 43.4 Å². The molecule has 108 valence electrons. The fourth-order valence-electron chi connectivity index (χ4n) is 2.81. The summed E-state index contributed by atoms with van der Waals surface area (Å²) in [6, 6.07) is 2.96. The van der Waals surface area contributed by atoms with Crippen molar-refractivity contribution in [3.63, 3.8) is 0 Å². The highest BCUT2D eigenvalue weighted by Crippen LogP contribution is 2.49. The molecule has 0 radical (unpaired) electrons. The zero-order valence-corrected chi connectivity index (χ0v) is 11.5. The molecule has 1 N–H and O–H groups in total. The second-order valence-electron chi connectivity index (χ2n) is 5.70. The fraction of sp³-hybridized carbons (Fsp3) is 0.643. The summed E-state index contributed by atoms with van der Waals surface area (Å²) >= 11 is 0. The molecule has 2 aliphatic rings. The van der Waals surface area contributed by atoms with E-state index in [0.717, 1.165) is 18.4 Å². The first kappa shape index (κ1) is 13.1. The molecule has 6 nitrogen and oxygen atoms in total. The van der Waals surface area contributed by atoms with E-state index in [4.69, 9.17) is 4.74 Å². The van der Waals surface area contributed by atoms with Crippen LogP contribution in [0.5, 0.6) is 5.88 Å². The highest BCUT2D eigenvalue weighted by Gasteiger charge is 2.41. The molecule has 1 aromatic rings. The Bertz CT molecular complexity index is 500. The molecule has 20 heavy (non-hydrogen) atoms. The normalized spacial score (nSPS) is 18.1. The van der Waals surface area contributed by atoms with Crippen LogP contribution in [0.4, 0.5) is 11.5 Å². The third-order valence-electron chi connectivity index (χ3n) is 4.21. The molecule has 0 bridgehead atoms. The van der Waals surface area contributed by atoms with Gasteiger partial charge in [0.15, 0.2) is 0 Å². The van der Waals surface area contributed by atoms with Crippen LogP contribution in [0.2, 0.25) is 0 Å². The van der Waals surface area contributed by atoms with Gasteiger partial charge in [-0.1, -0.05) is 0 Å². The van der Waals surface area contributed by atoms with Gasteiger partial charge in [-0.2, -0.15) is 4.98 Å². The van der Waals surface area contributed by atoms with Gasteiger partial charge in [0, 0.05) is 18.7 Å². The molecule has 2 fully saturated rings. The summed E-state index contributed by atoms with van der Waals surface area (Å²) in [5.74, 6) is 2.97. The first-order chi connectivity index (χ1) is 9.69. The number of anilines is 1. The van der Waals surface area contributed by atoms with E-state index in [2.05, 4.69) is 10.3 Å². The van der Waals surface area contributed by atoms with Crippen LogP contribution >= 0.6 is 0 Å². The van der Waals surface area contributed by atoms with Crippen LogP contribution in [0.15, 0.2) is 12.1 Å². The molecule has 1 heterocycles. The van der Waals surface area contributed by atoms with Crippen LogP contribution in [0.3, 0.4) is 0 Å². The molecular weight excluding hydrogens is 258 g/mol. The van der Waals surface area contributed by atoms with Gasteiger partial charge in [0.2, 0.25) is 11.7 Å². The van der Waals surface area contributed by atoms with Crippen LogP contribution < -0.4 is 10.1 Å². The third kappa shape index (κ3) is 2.84. The lowest BCUT2D eigenvalue weighted by Crippen LogP contribution is -2.19. The van der Waals surface area contributed by atoms with Crippen molar-refractivity contribution in [3.8, 4) is 5.88 Å². The van der Waals surface area contributed by atoms with Crippen LogP contribution in [-0.2, 0) is 0 Å². The predicted molar refractivity (Wildman–Crippen MR) is 74.9 cm³/mol. The minimum absolute atomic E-state index is 0.0103. The molecule has 0 saturated heterocycles. The van der Waals surface area contributed by atoms with E-state index in [9.17, 15) is 10.1 Å². The molecular formula is C14H19N3O3. The number of ether oxygens (including phenoxy) is 1. The summed E-state index contributed by atoms with van der Waals surface area (Å²) in [6.45, 7) is 0.774. The van der Waals surface area contributed by atoms with Crippen molar-refractivity contribution in [2.75, 3.05) is 19.0 Å². The summed E-state index contributed by atoms with van der Waals surface area (Å²) < 4.78 is 5.04. The van der Waals surface area contributed by atoms with E-state index < -0.39 is 4.92 Å². The fourth-order valence-corrected chi connectivity index (χ4v) is 2.81. The second-order valence-corrected chi connectivity index (χ2v) is 5.70. The number of nitrogens with one attached hydrogen (secondary N) is 1. The Morgan fingerprint density at radius 1 is 1.40 bits per heavy atom. The average molecular weight is 277 g/mol. The molecule has 0 spiro atoms. The number of nitro groups is 1. The first-order valence-corrected chi connectivity index (χ1v) is 7.12. The molecule has 2 aliphatic carbocycles. The molecule has 0 unspecified atom stereocenters. The maximum Gasteiger partial charge on any atom is 0.311 e. The molecule has 1 aromatic heterocycles. The van der Waals surface area contributed by atoms with Gasteiger partial charge in [-0.3, -0.25) is 10.1 Å². The number of hydrogen-bond acceptors (Lipinski definition) is 5. The molecule has 0 aromatic carbocycles. The summed E-state index contributed by atoms with van der Waals surface area (Å²) in [6.07, 6.45) is 5.21. The van der Waals surface area contributed by atoms with E-state index in [1.165, 1.54) is 44.9 Å². The number of rotatable bonds is 7.